The van der Waals surface area contributed by atoms with Crippen LogP contribution in [0.1, 0.15) is 37.7 Å². The number of carbonyl (C=O) groups excluding carboxylic acids is 3. The summed E-state index contributed by atoms with van der Waals surface area (Å²) in [6, 6.07) is 3.98. The number of likely N-dealkylation sites (tertiary alicyclic amines) is 1. The lowest BCUT2D eigenvalue weighted by molar-refractivity contribution is -0.145. The van der Waals surface area contributed by atoms with E-state index in [1.165, 1.54) is 0 Å². The van der Waals surface area contributed by atoms with Crippen molar-refractivity contribution in [2.75, 3.05) is 19.6 Å². The summed E-state index contributed by atoms with van der Waals surface area (Å²) in [6.45, 7) is 2.11. The lowest BCUT2D eigenvalue weighted by Gasteiger charge is -2.53. The van der Waals surface area contributed by atoms with Crippen molar-refractivity contribution >= 4 is 17.7 Å². The van der Waals surface area contributed by atoms with Gasteiger partial charge in [-0.1, -0.05) is 6.07 Å². The summed E-state index contributed by atoms with van der Waals surface area (Å²) in [5, 5.41) is 5.83. The molecule has 1 aromatic rings. The van der Waals surface area contributed by atoms with E-state index in [0.717, 1.165) is 44.3 Å². The van der Waals surface area contributed by atoms with E-state index in [1.54, 1.807) is 12.4 Å². The normalized spacial score (nSPS) is 24.4. The molecule has 27 heavy (non-hydrogen) atoms. The Balaban J connectivity index is 1.20. The molecule has 0 aromatic carbocycles. The van der Waals surface area contributed by atoms with E-state index in [0.29, 0.717) is 19.4 Å². The van der Waals surface area contributed by atoms with Gasteiger partial charge in [0.2, 0.25) is 17.7 Å². The second-order valence-electron chi connectivity index (χ2n) is 8.28. The third-order valence-corrected chi connectivity index (χ3v) is 6.22. The molecule has 2 aliphatic heterocycles. The zero-order chi connectivity index (χ0) is 18.9. The fraction of sp³-hybridized carbons (Fsp3) is 0.600. The number of hydrogen-bond acceptors (Lipinski definition) is 4. The highest BCUT2D eigenvalue weighted by molar-refractivity contribution is 5.89. The number of carbonyl (C=O) groups is 3. The first kappa shape index (κ1) is 17.9. The van der Waals surface area contributed by atoms with E-state index in [-0.39, 0.29) is 35.1 Å². The van der Waals surface area contributed by atoms with Crippen LogP contribution in [0, 0.1) is 11.3 Å². The highest BCUT2D eigenvalue weighted by Crippen LogP contribution is 2.44. The third-order valence-electron chi connectivity index (χ3n) is 6.22. The second kappa shape index (κ2) is 7.29. The first-order chi connectivity index (χ1) is 13.0. The van der Waals surface area contributed by atoms with E-state index < -0.39 is 0 Å². The molecule has 1 spiro atoms. The largest absolute Gasteiger partial charge is 0.355 e. The number of amides is 3. The maximum absolute atomic E-state index is 12.4. The average molecular weight is 370 g/mol. The summed E-state index contributed by atoms with van der Waals surface area (Å²) in [6.07, 6.45) is 8.15. The van der Waals surface area contributed by atoms with Crippen LogP contribution in [-0.2, 0) is 20.8 Å². The SMILES string of the molecule is O=C1CC(C(=O)NC2CCC3(CC2)CN(C(=O)Cc2cccnc2)C3)CN1. The van der Waals surface area contributed by atoms with Crippen molar-refractivity contribution in [2.24, 2.45) is 11.3 Å². The first-order valence-electron chi connectivity index (χ1n) is 9.77. The zero-order valence-electron chi connectivity index (χ0n) is 15.4. The molecule has 3 amide bonds. The first-order valence-corrected chi connectivity index (χ1v) is 9.77. The molecule has 1 aliphatic carbocycles. The zero-order valence-corrected chi connectivity index (χ0v) is 15.4. The maximum atomic E-state index is 12.4. The van der Waals surface area contributed by atoms with Crippen LogP contribution in [-0.4, -0.2) is 53.3 Å². The van der Waals surface area contributed by atoms with Gasteiger partial charge in [-0.05, 0) is 37.3 Å². The van der Waals surface area contributed by atoms with E-state index in [2.05, 4.69) is 15.6 Å². The fourth-order valence-electron chi connectivity index (χ4n) is 4.53. The van der Waals surface area contributed by atoms with Crippen molar-refractivity contribution < 1.29 is 14.4 Å². The molecule has 0 bridgehead atoms. The molecular formula is C20H26N4O3. The molecule has 1 atom stereocenters. The number of aromatic nitrogens is 1. The number of nitrogens with zero attached hydrogens (tertiary/aromatic N) is 2. The van der Waals surface area contributed by atoms with Gasteiger partial charge < -0.3 is 15.5 Å². The summed E-state index contributed by atoms with van der Waals surface area (Å²) in [7, 11) is 0. The van der Waals surface area contributed by atoms with Gasteiger partial charge in [-0.15, -0.1) is 0 Å². The summed E-state index contributed by atoms with van der Waals surface area (Å²) in [5.41, 5.74) is 1.19. The van der Waals surface area contributed by atoms with Crippen LogP contribution in [0.3, 0.4) is 0 Å². The number of pyridine rings is 1. The number of rotatable bonds is 4. The van der Waals surface area contributed by atoms with Crippen LogP contribution in [0.4, 0.5) is 0 Å². The van der Waals surface area contributed by atoms with Crippen LogP contribution >= 0.6 is 0 Å². The third kappa shape index (κ3) is 3.96. The van der Waals surface area contributed by atoms with Gasteiger partial charge in [-0.25, -0.2) is 0 Å². The fourth-order valence-corrected chi connectivity index (χ4v) is 4.53. The van der Waals surface area contributed by atoms with Gasteiger partial charge in [-0.3, -0.25) is 19.4 Å². The molecule has 3 heterocycles. The Kier molecular flexibility index (Phi) is 4.85. The molecule has 7 nitrogen and oxygen atoms in total. The van der Waals surface area contributed by atoms with Crippen LogP contribution in [0.15, 0.2) is 24.5 Å². The lowest BCUT2D eigenvalue weighted by atomic mass is 9.67. The van der Waals surface area contributed by atoms with E-state index in [9.17, 15) is 14.4 Å². The molecule has 0 radical (unpaired) electrons. The average Bonchev–Trinajstić information content (AvgIpc) is 3.08. The van der Waals surface area contributed by atoms with Gasteiger partial charge >= 0.3 is 0 Å². The molecular weight excluding hydrogens is 344 g/mol. The van der Waals surface area contributed by atoms with Crippen molar-refractivity contribution in [3.05, 3.63) is 30.1 Å². The van der Waals surface area contributed by atoms with E-state index >= 15 is 0 Å². The molecule has 4 rings (SSSR count). The molecule has 7 heteroatoms. The summed E-state index contributed by atoms with van der Waals surface area (Å²) in [4.78, 5) is 41.9. The molecule has 144 valence electrons. The van der Waals surface area contributed by atoms with Gasteiger partial charge in [0, 0.05) is 49.9 Å². The lowest BCUT2D eigenvalue weighted by Crippen LogP contribution is -2.61. The molecule has 1 unspecified atom stereocenters. The Hall–Kier alpha value is -2.44. The van der Waals surface area contributed by atoms with Crippen LogP contribution in [0.2, 0.25) is 0 Å². The Labute approximate surface area is 158 Å². The second-order valence-corrected chi connectivity index (χ2v) is 8.28. The van der Waals surface area contributed by atoms with Gasteiger partial charge in [0.15, 0.2) is 0 Å². The van der Waals surface area contributed by atoms with Crippen molar-refractivity contribution in [1.29, 1.82) is 0 Å². The predicted octanol–water partition coefficient (Wildman–Crippen LogP) is 0.648. The van der Waals surface area contributed by atoms with Crippen molar-refractivity contribution in [3.63, 3.8) is 0 Å². The Morgan fingerprint density at radius 2 is 2.07 bits per heavy atom. The van der Waals surface area contributed by atoms with Crippen molar-refractivity contribution in [1.82, 2.24) is 20.5 Å². The van der Waals surface area contributed by atoms with E-state index in [1.807, 2.05) is 17.0 Å². The molecule has 3 fully saturated rings. The Bertz CT molecular complexity index is 720. The summed E-state index contributed by atoms with van der Waals surface area (Å²) in [5.74, 6) is -0.0976. The molecule has 2 N–H and O–H groups in total. The highest BCUT2D eigenvalue weighted by Gasteiger charge is 2.47. The highest BCUT2D eigenvalue weighted by atomic mass is 16.2. The summed E-state index contributed by atoms with van der Waals surface area (Å²) < 4.78 is 0. The van der Waals surface area contributed by atoms with E-state index in [4.69, 9.17) is 0 Å². The number of nitrogens with one attached hydrogen (secondary N) is 2. The summed E-state index contributed by atoms with van der Waals surface area (Å²) >= 11 is 0. The van der Waals surface area contributed by atoms with Crippen LogP contribution in [0.25, 0.3) is 0 Å². The minimum atomic E-state index is -0.224. The minimum Gasteiger partial charge on any atom is -0.355 e. The van der Waals surface area contributed by atoms with Crippen molar-refractivity contribution in [3.8, 4) is 0 Å². The van der Waals surface area contributed by atoms with Crippen LogP contribution in [0.5, 0.6) is 0 Å². The number of hydrogen-bond donors (Lipinski definition) is 2. The maximum Gasteiger partial charge on any atom is 0.227 e. The van der Waals surface area contributed by atoms with Gasteiger partial charge in [0.05, 0.1) is 12.3 Å². The quantitative estimate of drug-likeness (QED) is 0.814. The standard InChI is InChI=1S/C20H26N4O3/c25-17-9-15(11-22-17)19(27)23-16-3-5-20(6-4-16)12-24(13-20)18(26)8-14-2-1-7-21-10-14/h1-2,7,10,15-16H,3-6,8-9,11-13H2,(H,22,25)(H,23,27). The van der Waals surface area contributed by atoms with Crippen LogP contribution < -0.4 is 10.6 Å². The Morgan fingerprint density at radius 3 is 2.70 bits per heavy atom. The minimum absolute atomic E-state index is 0.00353. The predicted molar refractivity (Wildman–Crippen MR) is 98.5 cm³/mol. The molecule has 1 saturated carbocycles. The van der Waals surface area contributed by atoms with Crippen molar-refractivity contribution in [2.45, 2.75) is 44.6 Å². The smallest absolute Gasteiger partial charge is 0.227 e. The Morgan fingerprint density at radius 1 is 1.30 bits per heavy atom. The topological polar surface area (TPSA) is 91.4 Å². The molecule has 3 aliphatic rings. The monoisotopic (exact) mass is 370 g/mol. The van der Waals surface area contributed by atoms with Gasteiger partial charge in [-0.2, -0.15) is 0 Å². The van der Waals surface area contributed by atoms with Gasteiger partial charge in [0.1, 0.15) is 0 Å². The van der Waals surface area contributed by atoms with Gasteiger partial charge in [0.25, 0.3) is 0 Å². The molecule has 1 aromatic heterocycles. The molecule has 2 saturated heterocycles.